The average molecular weight is 365 g/mol. The highest BCUT2D eigenvalue weighted by Gasteiger charge is 2.11. The Morgan fingerprint density at radius 1 is 1.32 bits per heavy atom. The quantitative estimate of drug-likeness (QED) is 0.518. The van der Waals surface area contributed by atoms with Gasteiger partial charge in [0.15, 0.2) is 5.96 Å². The van der Waals surface area contributed by atoms with Crippen molar-refractivity contribution in [3.63, 3.8) is 0 Å². The average Bonchev–Trinajstić information content (AvgIpc) is 2.87. The zero-order valence-electron chi connectivity index (χ0n) is 15.4. The molecule has 1 unspecified atom stereocenters. The molecule has 0 saturated heterocycles. The van der Waals surface area contributed by atoms with Crippen LogP contribution < -0.4 is 10.6 Å². The smallest absolute Gasteiger partial charge is 0.191 e. The maximum absolute atomic E-state index is 11.3. The van der Waals surface area contributed by atoms with Crippen LogP contribution in [-0.4, -0.2) is 51.0 Å². The molecule has 6 nitrogen and oxygen atoms in total. The van der Waals surface area contributed by atoms with E-state index in [9.17, 15) is 8.42 Å². The summed E-state index contributed by atoms with van der Waals surface area (Å²) in [6, 6.07) is 8.34. The van der Waals surface area contributed by atoms with Gasteiger partial charge < -0.3 is 15.6 Å². The van der Waals surface area contributed by atoms with E-state index >= 15 is 0 Å². The molecule has 1 aromatic heterocycles. The Labute approximate surface area is 150 Å². The number of H-pyrrole nitrogens is 1. The molecule has 1 atom stereocenters. The molecule has 2 aromatic rings. The number of sulfone groups is 1. The van der Waals surface area contributed by atoms with Crippen molar-refractivity contribution in [2.45, 2.75) is 32.7 Å². The number of aromatic amines is 1. The molecule has 3 N–H and O–H groups in total. The van der Waals surface area contributed by atoms with Gasteiger partial charge in [0.25, 0.3) is 0 Å². The fraction of sp³-hybridized carbons (Fsp3) is 0.500. The number of aliphatic imine (C=N–C) groups is 1. The first-order valence-corrected chi connectivity index (χ1v) is 10.6. The van der Waals surface area contributed by atoms with Crippen LogP contribution in [0.15, 0.2) is 29.3 Å². The fourth-order valence-electron chi connectivity index (χ4n) is 2.85. The Kier molecular flexibility index (Phi) is 6.47. The number of para-hydroxylation sites is 1. The molecule has 2 rings (SSSR count). The summed E-state index contributed by atoms with van der Waals surface area (Å²) in [6.07, 6.45) is 2.70. The topological polar surface area (TPSA) is 86.3 Å². The first-order chi connectivity index (χ1) is 11.8. The van der Waals surface area contributed by atoms with E-state index in [-0.39, 0.29) is 11.8 Å². The molecule has 138 valence electrons. The van der Waals surface area contributed by atoms with Crippen LogP contribution in [0.3, 0.4) is 0 Å². The van der Waals surface area contributed by atoms with Crippen LogP contribution in [0.4, 0.5) is 0 Å². The van der Waals surface area contributed by atoms with Gasteiger partial charge in [0.1, 0.15) is 9.84 Å². The van der Waals surface area contributed by atoms with Crippen LogP contribution in [-0.2, 0) is 16.3 Å². The minimum absolute atomic E-state index is 0.0377. The second kappa shape index (κ2) is 8.38. The summed E-state index contributed by atoms with van der Waals surface area (Å²) in [4.78, 5) is 7.62. The van der Waals surface area contributed by atoms with Crippen LogP contribution in [0.5, 0.6) is 0 Å². The predicted octanol–water partition coefficient (Wildman–Crippen LogP) is 2.01. The molecule has 7 heteroatoms. The number of aryl methyl sites for hydroxylation is 1. The van der Waals surface area contributed by atoms with E-state index in [2.05, 4.69) is 45.7 Å². The number of rotatable bonds is 7. The van der Waals surface area contributed by atoms with E-state index in [0.717, 1.165) is 18.5 Å². The lowest BCUT2D eigenvalue weighted by Crippen LogP contribution is -2.43. The molecule has 0 aliphatic heterocycles. The van der Waals surface area contributed by atoms with Crippen molar-refractivity contribution in [3.05, 3.63) is 35.5 Å². The van der Waals surface area contributed by atoms with Crippen molar-refractivity contribution in [2.24, 2.45) is 4.99 Å². The summed E-state index contributed by atoms with van der Waals surface area (Å²) >= 11 is 0. The van der Waals surface area contributed by atoms with E-state index in [4.69, 9.17) is 0 Å². The summed E-state index contributed by atoms with van der Waals surface area (Å²) in [6.45, 7) is 4.80. The van der Waals surface area contributed by atoms with Crippen LogP contribution in [0.1, 0.15) is 24.6 Å². The largest absolute Gasteiger partial charge is 0.358 e. The molecule has 25 heavy (non-hydrogen) atoms. The van der Waals surface area contributed by atoms with E-state index in [1.807, 2.05) is 13.0 Å². The number of nitrogens with one attached hydrogen (secondary N) is 3. The van der Waals surface area contributed by atoms with Crippen molar-refractivity contribution in [1.29, 1.82) is 0 Å². The third-order valence-electron chi connectivity index (χ3n) is 4.22. The molecule has 0 radical (unpaired) electrons. The SMILES string of the molecule is CN=C(NCCc1c(C)[nH]c2ccccc12)NC(C)CCS(C)(=O)=O. The fourth-order valence-corrected chi connectivity index (χ4v) is 3.64. The molecule has 0 spiro atoms. The molecule has 1 aromatic carbocycles. The normalized spacial score (nSPS) is 13.8. The second-order valence-electron chi connectivity index (χ2n) is 6.49. The number of nitrogens with zero attached hydrogens (tertiary/aromatic N) is 1. The monoisotopic (exact) mass is 364 g/mol. The van der Waals surface area contributed by atoms with Gasteiger partial charge in [-0.25, -0.2) is 8.42 Å². The molecule has 0 aliphatic carbocycles. The van der Waals surface area contributed by atoms with Crippen molar-refractivity contribution in [2.75, 3.05) is 25.6 Å². The lowest BCUT2D eigenvalue weighted by molar-refractivity contribution is 0.581. The van der Waals surface area contributed by atoms with Crippen molar-refractivity contribution < 1.29 is 8.42 Å². The zero-order valence-corrected chi connectivity index (χ0v) is 16.2. The van der Waals surface area contributed by atoms with Crippen LogP contribution >= 0.6 is 0 Å². The highest BCUT2D eigenvalue weighted by molar-refractivity contribution is 7.90. The highest BCUT2D eigenvalue weighted by atomic mass is 32.2. The Hall–Kier alpha value is -2.02. The molecular formula is C18H28N4O2S. The number of benzene rings is 1. The highest BCUT2D eigenvalue weighted by Crippen LogP contribution is 2.21. The number of hydrogen-bond donors (Lipinski definition) is 3. The summed E-state index contributed by atoms with van der Waals surface area (Å²) < 4.78 is 22.5. The minimum Gasteiger partial charge on any atom is -0.358 e. The van der Waals surface area contributed by atoms with E-state index < -0.39 is 9.84 Å². The predicted molar refractivity (Wildman–Crippen MR) is 105 cm³/mol. The van der Waals surface area contributed by atoms with Gasteiger partial charge in [0, 0.05) is 42.5 Å². The molecule has 0 aliphatic rings. The van der Waals surface area contributed by atoms with Crippen molar-refractivity contribution in [3.8, 4) is 0 Å². The van der Waals surface area contributed by atoms with E-state index in [0.29, 0.717) is 12.4 Å². The molecule has 1 heterocycles. The third-order valence-corrected chi connectivity index (χ3v) is 5.20. The van der Waals surface area contributed by atoms with Crippen LogP contribution in [0.2, 0.25) is 0 Å². The van der Waals surface area contributed by atoms with Gasteiger partial charge in [-0.2, -0.15) is 0 Å². The Morgan fingerprint density at radius 3 is 2.72 bits per heavy atom. The summed E-state index contributed by atoms with van der Waals surface area (Å²) in [5.74, 6) is 0.866. The molecule has 0 bridgehead atoms. The third kappa shape index (κ3) is 5.77. The Morgan fingerprint density at radius 2 is 2.04 bits per heavy atom. The molecule has 0 saturated carbocycles. The van der Waals surface area contributed by atoms with Crippen LogP contribution in [0.25, 0.3) is 10.9 Å². The number of aromatic nitrogens is 1. The van der Waals surface area contributed by atoms with Crippen molar-refractivity contribution >= 4 is 26.7 Å². The van der Waals surface area contributed by atoms with Gasteiger partial charge in [-0.3, -0.25) is 4.99 Å². The van der Waals surface area contributed by atoms with Crippen molar-refractivity contribution in [1.82, 2.24) is 15.6 Å². The molecule has 0 fully saturated rings. The van der Waals surface area contributed by atoms with Gasteiger partial charge in [-0.05, 0) is 38.3 Å². The number of fused-ring (bicyclic) bond motifs is 1. The van der Waals surface area contributed by atoms with Gasteiger partial charge in [-0.15, -0.1) is 0 Å². The minimum atomic E-state index is -2.94. The van der Waals surface area contributed by atoms with Gasteiger partial charge >= 0.3 is 0 Å². The standard InChI is InChI=1S/C18H28N4O2S/c1-13(10-12-25(4,23)24)21-18(19-3)20-11-9-15-14(2)22-17-8-6-5-7-16(15)17/h5-8,13,22H,9-12H2,1-4H3,(H2,19,20,21). The summed E-state index contributed by atoms with van der Waals surface area (Å²) in [7, 11) is -1.22. The van der Waals surface area contributed by atoms with Gasteiger partial charge in [-0.1, -0.05) is 18.2 Å². The van der Waals surface area contributed by atoms with Gasteiger partial charge in [0.2, 0.25) is 0 Å². The molecule has 0 amide bonds. The van der Waals surface area contributed by atoms with Crippen LogP contribution in [0, 0.1) is 6.92 Å². The number of hydrogen-bond acceptors (Lipinski definition) is 3. The zero-order chi connectivity index (χ0) is 18.4. The lowest BCUT2D eigenvalue weighted by Gasteiger charge is -2.17. The lowest BCUT2D eigenvalue weighted by atomic mass is 10.1. The van der Waals surface area contributed by atoms with E-state index in [1.54, 1.807) is 7.05 Å². The van der Waals surface area contributed by atoms with E-state index in [1.165, 1.54) is 22.9 Å². The second-order valence-corrected chi connectivity index (χ2v) is 8.75. The maximum Gasteiger partial charge on any atom is 0.191 e. The Balaban J connectivity index is 1.87. The van der Waals surface area contributed by atoms with Gasteiger partial charge in [0.05, 0.1) is 5.75 Å². The first kappa shape index (κ1) is 19.3. The summed E-state index contributed by atoms with van der Waals surface area (Å²) in [5.41, 5.74) is 3.66. The molecular weight excluding hydrogens is 336 g/mol. The maximum atomic E-state index is 11.3. The Bertz CT molecular complexity index is 840. The first-order valence-electron chi connectivity index (χ1n) is 8.51. The summed E-state index contributed by atoms with van der Waals surface area (Å²) in [5, 5.41) is 7.80. The number of guanidine groups is 1.